The second-order valence-electron chi connectivity index (χ2n) is 6.87. The zero-order valence-corrected chi connectivity index (χ0v) is 18.0. The van der Waals surface area contributed by atoms with E-state index < -0.39 is 7.29 Å². The number of hydrogen-bond acceptors (Lipinski definition) is 1. The van der Waals surface area contributed by atoms with Crippen LogP contribution in [-0.4, -0.2) is 4.67 Å². The molecule has 0 radical (unpaired) electrons. The van der Waals surface area contributed by atoms with Crippen molar-refractivity contribution in [2.45, 2.75) is 6.54 Å². The van der Waals surface area contributed by atoms with Crippen molar-refractivity contribution in [3.63, 3.8) is 0 Å². The Kier molecular flexibility index (Phi) is 7.80. The summed E-state index contributed by atoms with van der Waals surface area (Å²) < 4.78 is 16.8. The van der Waals surface area contributed by atoms with E-state index in [0.29, 0.717) is 6.54 Å². The minimum atomic E-state index is -3.09. The first kappa shape index (κ1) is 22.2. The van der Waals surface area contributed by atoms with Gasteiger partial charge in [0.15, 0.2) is 0 Å². The Morgan fingerprint density at radius 3 is 1.47 bits per heavy atom. The van der Waals surface area contributed by atoms with E-state index in [1.165, 1.54) is 0 Å². The van der Waals surface area contributed by atoms with E-state index in [9.17, 15) is 4.57 Å². The maximum absolute atomic E-state index is 14.8. The van der Waals surface area contributed by atoms with Gasteiger partial charge in [-0.3, -0.25) is 9.24 Å². The zero-order chi connectivity index (χ0) is 19.9. The third-order valence-corrected chi connectivity index (χ3v) is 7.84. The first-order chi connectivity index (χ1) is 14.3. The molecule has 4 rings (SSSR count). The summed E-state index contributed by atoms with van der Waals surface area (Å²) in [5, 5.41) is 1.66. The van der Waals surface area contributed by atoms with Crippen LogP contribution in [0.15, 0.2) is 121 Å². The summed E-state index contributed by atoms with van der Waals surface area (Å²) in [5.74, 6) is 0. The van der Waals surface area contributed by atoms with E-state index in [0.717, 1.165) is 21.7 Å². The Hall–Kier alpha value is -2.46. The van der Waals surface area contributed by atoms with Crippen molar-refractivity contribution in [2.24, 2.45) is 0 Å². The predicted octanol–water partition coefficient (Wildman–Crippen LogP) is 2.63. The molecule has 144 valence electrons. The predicted molar refractivity (Wildman–Crippen MR) is 122 cm³/mol. The second-order valence-corrected chi connectivity index (χ2v) is 9.57. The van der Waals surface area contributed by atoms with Crippen molar-refractivity contribution < 1.29 is 23.4 Å². The maximum Gasteiger partial charge on any atom is 1.00 e. The molecule has 0 amide bonds. The maximum atomic E-state index is 14.8. The smallest absolute Gasteiger partial charge is 0.297 e. The van der Waals surface area contributed by atoms with Gasteiger partial charge in [-0.25, -0.2) is 0 Å². The molecule has 0 fully saturated rings. The molecule has 0 unspecified atom stereocenters. The van der Waals surface area contributed by atoms with E-state index in [1.807, 2.05) is 120 Å². The van der Waals surface area contributed by atoms with Gasteiger partial charge in [0, 0.05) is 17.2 Å². The van der Waals surface area contributed by atoms with Gasteiger partial charge in [-0.15, -0.1) is 18.7 Å². The fourth-order valence-corrected chi connectivity index (χ4v) is 6.12. The Morgan fingerprint density at radius 2 is 1.00 bits per heavy atom. The van der Waals surface area contributed by atoms with E-state index in [-0.39, 0.29) is 18.9 Å². The van der Waals surface area contributed by atoms with Crippen LogP contribution in [-0.2, 0) is 11.1 Å². The summed E-state index contributed by atoms with van der Waals surface area (Å²) in [6.45, 7) is 2.57. The topological polar surface area (TPSA) is 20.3 Å². The molecule has 0 heterocycles. The molecule has 0 spiro atoms. The second kappa shape index (κ2) is 10.5. The summed E-state index contributed by atoms with van der Waals surface area (Å²) in [7, 11) is -3.09. The van der Waals surface area contributed by atoms with Crippen molar-refractivity contribution in [3.05, 3.63) is 139 Å². The van der Waals surface area contributed by atoms with E-state index in [2.05, 4.69) is 12.1 Å². The van der Waals surface area contributed by atoms with Gasteiger partial charge < -0.3 is 0 Å². The Bertz CT molecular complexity index is 988. The standard InChI is InChI=1S/C26H23NOP.Li/c28-29(25-17-9-3-10-18-25,26-19-11-4-12-20-26)27(21-23-13-5-1-6-14-23)22-24-15-7-2-8-16-24;/h1-21H,22H2;/q-1;+1. The summed E-state index contributed by atoms with van der Waals surface area (Å²) in [6, 6.07) is 39.9. The van der Waals surface area contributed by atoms with Crippen LogP contribution in [0.5, 0.6) is 0 Å². The van der Waals surface area contributed by atoms with Crippen molar-refractivity contribution in [1.82, 2.24) is 4.67 Å². The largest absolute Gasteiger partial charge is 1.00 e. The molecule has 0 aromatic heterocycles. The molecule has 30 heavy (non-hydrogen) atoms. The van der Waals surface area contributed by atoms with Crippen molar-refractivity contribution in [2.75, 3.05) is 0 Å². The van der Waals surface area contributed by atoms with E-state index in [1.54, 1.807) is 0 Å². The van der Waals surface area contributed by atoms with Gasteiger partial charge in [0.25, 0.3) is 0 Å². The monoisotopic (exact) mass is 403 g/mol. The van der Waals surface area contributed by atoms with Crippen LogP contribution in [0.4, 0.5) is 0 Å². The number of benzene rings is 4. The van der Waals surface area contributed by atoms with E-state index in [4.69, 9.17) is 0 Å². The Balaban J connectivity index is 0.00000256. The first-order valence-corrected chi connectivity index (χ1v) is 11.3. The quantitative estimate of drug-likeness (QED) is 0.269. The van der Waals surface area contributed by atoms with Crippen molar-refractivity contribution in [1.29, 1.82) is 0 Å². The van der Waals surface area contributed by atoms with Crippen LogP contribution >= 0.6 is 7.29 Å². The fraction of sp³-hybridized carbons (Fsp3) is 0.0385. The molecule has 0 saturated heterocycles. The van der Waals surface area contributed by atoms with Gasteiger partial charge >= 0.3 is 18.9 Å². The Labute approximate surface area is 191 Å². The molecule has 0 aliphatic carbocycles. The van der Waals surface area contributed by atoms with Crippen LogP contribution in [0.3, 0.4) is 0 Å². The van der Waals surface area contributed by atoms with Crippen LogP contribution in [0.1, 0.15) is 11.1 Å². The summed E-state index contributed by atoms with van der Waals surface area (Å²) in [4.78, 5) is 0. The molecule has 0 aliphatic rings. The molecular formula is C26H23LiNOP. The SMILES string of the molecule is O=P(c1ccccc1)(c1ccccc1)N([CH-]c1ccccc1)Cc1ccccc1.[Li+]. The van der Waals surface area contributed by atoms with Crippen molar-refractivity contribution in [3.8, 4) is 0 Å². The van der Waals surface area contributed by atoms with Gasteiger partial charge in [0.05, 0.1) is 0 Å². The third-order valence-electron chi connectivity index (χ3n) is 4.86. The normalized spacial score (nSPS) is 11.0. The van der Waals surface area contributed by atoms with Gasteiger partial charge in [-0.05, 0) is 29.8 Å². The molecule has 0 aliphatic heterocycles. The molecule has 0 atom stereocenters. The molecule has 4 aromatic rings. The summed E-state index contributed by atoms with van der Waals surface area (Å²) >= 11 is 0. The molecule has 0 N–H and O–H groups in total. The average Bonchev–Trinajstić information content (AvgIpc) is 2.81. The molecule has 4 aromatic carbocycles. The van der Waals surface area contributed by atoms with Gasteiger partial charge in [0.1, 0.15) is 0 Å². The molecule has 4 heteroatoms. The Morgan fingerprint density at radius 1 is 0.600 bits per heavy atom. The molecular weight excluding hydrogens is 380 g/mol. The van der Waals surface area contributed by atoms with Gasteiger partial charge in [-0.1, -0.05) is 72.8 Å². The van der Waals surface area contributed by atoms with Crippen LogP contribution in [0.25, 0.3) is 0 Å². The van der Waals surface area contributed by atoms with Crippen LogP contribution in [0, 0.1) is 6.54 Å². The van der Waals surface area contributed by atoms with Crippen molar-refractivity contribution >= 4 is 17.9 Å². The van der Waals surface area contributed by atoms with Crippen LogP contribution in [0.2, 0.25) is 0 Å². The fourth-order valence-electron chi connectivity index (χ4n) is 3.41. The van der Waals surface area contributed by atoms with Gasteiger partial charge in [-0.2, -0.15) is 17.7 Å². The van der Waals surface area contributed by atoms with Crippen LogP contribution < -0.4 is 29.5 Å². The summed E-state index contributed by atoms with van der Waals surface area (Å²) in [6.07, 6.45) is 0. The molecule has 0 saturated carbocycles. The summed E-state index contributed by atoms with van der Waals surface area (Å²) in [5.41, 5.74) is 2.14. The first-order valence-electron chi connectivity index (χ1n) is 9.69. The minimum Gasteiger partial charge on any atom is -0.297 e. The molecule has 2 nitrogen and oxygen atoms in total. The number of nitrogens with zero attached hydrogens (tertiary/aromatic N) is 1. The van der Waals surface area contributed by atoms with E-state index >= 15 is 0 Å². The number of rotatable bonds is 7. The number of hydrogen-bond donors (Lipinski definition) is 0. The average molecular weight is 403 g/mol. The zero-order valence-electron chi connectivity index (χ0n) is 17.1. The van der Waals surface area contributed by atoms with Gasteiger partial charge in [0.2, 0.25) is 7.29 Å². The minimum absolute atomic E-state index is 0. The molecule has 0 bridgehead atoms. The third kappa shape index (κ3) is 4.98.